The van der Waals surface area contributed by atoms with Crippen LogP contribution in [0.3, 0.4) is 0 Å². The van der Waals surface area contributed by atoms with Crippen molar-refractivity contribution in [3.05, 3.63) is 63.7 Å². The molecule has 2 aromatic rings. The highest BCUT2D eigenvalue weighted by Crippen LogP contribution is 2.42. The molecular formula is C24H26ClF2NO5. The van der Waals surface area contributed by atoms with Gasteiger partial charge in [0.25, 0.3) is 0 Å². The first-order valence-corrected chi connectivity index (χ1v) is 10.9. The summed E-state index contributed by atoms with van der Waals surface area (Å²) in [6.07, 6.45) is -0.520. The Labute approximate surface area is 196 Å². The Hall–Kier alpha value is -2.87. The molecule has 1 amide bonds. The summed E-state index contributed by atoms with van der Waals surface area (Å²) in [5, 5.41) is 0.340. The van der Waals surface area contributed by atoms with Gasteiger partial charge < -0.3 is 14.2 Å². The standard InChI is InChI=1S/C24H26ClF2NO5/c1-5-31-20(29)13-32-19-9-6-14(25)12-17(19)22-16-7-8-18(26)21(27)15(16)10-11-28(22)23(30)33-24(2,3)4/h6-9,12,22H,5,10-11,13H2,1-4H3/t22-/m0/s1. The SMILES string of the molecule is CCOC(=O)COc1ccc(Cl)cc1[C@@H]1c2ccc(F)c(F)c2CCN1C(=O)OC(C)(C)C. The molecule has 6 nitrogen and oxygen atoms in total. The van der Waals surface area contributed by atoms with Crippen LogP contribution >= 0.6 is 11.6 Å². The maximum Gasteiger partial charge on any atom is 0.411 e. The molecule has 0 spiro atoms. The molecule has 0 radical (unpaired) electrons. The molecule has 2 aromatic carbocycles. The molecule has 0 bridgehead atoms. The van der Waals surface area contributed by atoms with Crippen molar-refractivity contribution in [2.75, 3.05) is 19.8 Å². The first-order valence-electron chi connectivity index (χ1n) is 10.6. The number of hydrogen-bond donors (Lipinski definition) is 0. The average Bonchev–Trinajstić information content (AvgIpc) is 2.73. The van der Waals surface area contributed by atoms with Crippen molar-refractivity contribution in [3.63, 3.8) is 0 Å². The van der Waals surface area contributed by atoms with E-state index in [4.69, 9.17) is 25.8 Å². The molecule has 1 aliphatic rings. The van der Waals surface area contributed by atoms with Gasteiger partial charge >= 0.3 is 12.1 Å². The van der Waals surface area contributed by atoms with E-state index < -0.39 is 35.3 Å². The number of nitrogens with zero attached hydrogens (tertiary/aromatic N) is 1. The molecule has 1 atom stereocenters. The summed E-state index contributed by atoms with van der Waals surface area (Å²) in [7, 11) is 0. The maximum absolute atomic E-state index is 14.7. The van der Waals surface area contributed by atoms with Crippen molar-refractivity contribution < 1.29 is 32.6 Å². The Morgan fingerprint density at radius 3 is 2.55 bits per heavy atom. The zero-order valence-corrected chi connectivity index (χ0v) is 19.7. The van der Waals surface area contributed by atoms with Crippen LogP contribution in [0.4, 0.5) is 13.6 Å². The monoisotopic (exact) mass is 481 g/mol. The third-order valence-electron chi connectivity index (χ3n) is 4.99. The minimum atomic E-state index is -0.969. The summed E-state index contributed by atoms with van der Waals surface area (Å²) >= 11 is 6.25. The number of carbonyl (C=O) groups is 2. The number of fused-ring (bicyclic) bond motifs is 1. The third-order valence-corrected chi connectivity index (χ3v) is 5.22. The number of benzene rings is 2. The second kappa shape index (κ2) is 9.95. The number of esters is 1. The van der Waals surface area contributed by atoms with Gasteiger partial charge in [-0.3, -0.25) is 4.90 Å². The maximum atomic E-state index is 14.7. The molecule has 178 valence electrons. The van der Waals surface area contributed by atoms with Gasteiger partial charge in [0.05, 0.1) is 12.6 Å². The Kier molecular flexibility index (Phi) is 7.47. The van der Waals surface area contributed by atoms with E-state index in [0.717, 1.165) is 6.07 Å². The van der Waals surface area contributed by atoms with Crippen LogP contribution < -0.4 is 4.74 Å². The first kappa shape index (κ1) is 24.8. The van der Waals surface area contributed by atoms with Gasteiger partial charge in [0.2, 0.25) is 0 Å². The second-order valence-electron chi connectivity index (χ2n) is 8.53. The molecule has 0 N–H and O–H groups in total. The van der Waals surface area contributed by atoms with E-state index >= 15 is 0 Å². The molecule has 9 heteroatoms. The van der Waals surface area contributed by atoms with Crippen molar-refractivity contribution in [2.24, 2.45) is 0 Å². The predicted molar refractivity (Wildman–Crippen MR) is 118 cm³/mol. The van der Waals surface area contributed by atoms with Gasteiger partial charge in [-0.2, -0.15) is 0 Å². The smallest absolute Gasteiger partial charge is 0.411 e. The fourth-order valence-corrected chi connectivity index (χ4v) is 3.88. The van der Waals surface area contributed by atoms with Crippen LogP contribution in [0.5, 0.6) is 5.75 Å². The van der Waals surface area contributed by atoms with E-state index in [2.05, 4.69) is 0 Å². The van der Waals surface area contributed by atoms with Gasteiger partial charge in [-0.05, 0) is 69.5 Å². The molecule has 1 aliphatic heterocycles. The molecule has 0 saturated heterocycles. The van der Waals surface area contributed by atoms with Crippen LogP contribution in [0, 0.1) is 11.6 Å². The van der Waals surface area contributed by atoms with Crippen molar-refractivity contribution in [2.45, 2.75) is 45.8 Å². The molecule has 33 heavy (non-hydrogen) atoms. The predicted octanol–water partition coefficient (Wildman–Crippen LogP) is 5.44. The molecule has 0 aliphatic carbocycles. The third kappa shape index (κ3) is 5.74. The molecule has 0 unspecified atom stereocenters. The minimum absolute atomic E-state index is 0.0801. The number of carbonyl (C=O) groups excluding carboxylic acids is 2. The van der Waals surface area contributed by atoms with Crippen LogP contribution in [-0.4, -0.2) is 42.3 Å². The lowest BCUT2D eigenvalue weighted by Crippen LogP contribution is -2.44. The van der Waals surface area contributed by atoms with Gasteiger partial charge in [-0.15, -0.1) is 0 Å². The van der Waals surface area contributed by atoms with Crippen LogP contribution in [0.15, 0.2) is 30.3 Å². The van der Waals surface area contributed by atoms with Gasteiger partial charge in [-0.1, -0.05) is 17.7 Å². The Morgan fingerprint density at radius 1 is 1.15 bits per heavy atom. The van der Waals surface area contributed by atoms with E-state index in [0.29, 0.717) is 16.1 Å². The van der Waals surface area contributed by atoms with Gasteiger partial charge in [0, 0.05) is 17.1 Å². The van der Waals surface area contributed by atoms with E-state index in [1.54, 1.807) is 45.9 Å². The number of hydrogen-bond acceptors (Lipinski definition) is 5. The van der Waals surface area contributed by atoms with E-state index in [-0.39, 0.29) is 37.5 Å². The zero-order valence-electron chi connectivity index (χ0n) is 18.9. The second-order valence-corrected chi connectivity index (χ2v) is 8.97. The van der Waals surface area contributed by atoms with Crippen molar-refractivity contribution >= 4 is 23.7 Å². The summed E-state index contributed by atoms with van der Waals surface area (Å²) in [6.45, 7) is 6.79. The van der Waals surface area contributed by atoms with E-state index in [1.807, 2.05) is 0 Å². The highest BCUT2D eigenvalue weighted by molar-refractivity contribution is 6.30. The van der Waals surface area contributed by atoms with Gasteiger partial charge in [-0.25, -0.2) is 18.4 Å². The highest BCUT2D eigenvalue weighted by atomic mass is 35.5. The number of amides is 1. The fourth-order valence-electron chi connectivity index (χ4n) is 3.70. The summed E-state index contributed by atoms with van der Waals surface area (Å²) in [4.78, 5) is 26.4. The lowest BCUT2D eigenvalue weighted by Gasteiger charge is -2.39. The summed E-state index contributed by atoms with van der Waals surface area (Å²) in [6, 6.07) is 6.26. The van der Waals surface area contributed by atoms with E-state index in [9.17, 15) is 18.4 Å². The van der Waals surface area contributed by atoms with Crippen LogP contribution in [-0.2, 0) is 20.7 Å². The first-order chi connectivity index (χ1) is 15.5. The topological polar surface area (TPSA) is 65.1 Å². The Bertz CT molecular complexity index is 1050. The van der Waals surface area contributed by atoms with Crippen molar-refractivity contribution in [3.8, 4) is 5.75 Å². The quantitative estimate of drug-likeness (QED) is 0.532. The van der Waals surface area contributed by atoms with Crippen LogP contribution in [0.1, 0.15) is 50.4 Å². The summed E-state index contributed by atoms with van der Waals surface area (Å²) in [5.41, 5.74) is 0.183. The molecule has 3 rings (SSSR count). The lowest BCUT2D eigenvalue weighted by atomic mass is 9.87. The average molecular weight is 482 g/mol. The van der Waals surface area contributed by atoms with Gasteiger partial charge in [0.15, 0.2) is 18.2 Å². The normalized spacial score (nSPS) is 15.6. The van der Waals surface area contributed by atoms with Crippen molar-refractivity contribution in [1.82, 2.24) is 4.90 Å². The Morgan fingerprint density at radius 2 is 1.88 bits per heavy atom. The number of ether oxygens (including phenoxy) is 3. The summed E-state index contributed by atoms with van der Waals surface area (Å²) < 4.78 is 44.8. The van der Waals surface area contributed by atoms with Gasteiger partial charge in [0.1, 0.15) is 11.4 Å². The van der Waals surface area contributed by atoms with E-state index in [1.165, 1.54) is 11.0 Å². The number of rotatable bonds is 5. The highest BCUT2D eigenvalue weighted by Gasteiger charge is 2.38. The Balaban J connectivity index is 2.11. The fraction of sp³-hybridized carbons (Fsp3) is 0.417. The molecule has 0 saturated carbocycles. The van der Waals surface area contributed by atoms with Crippen LogP contribution in [0.25, 0.3) is 0 Å². The van der Waals surface area contributed by atoms with Crippen molar-refractivity contribution in [1.29, 1.82) is 0 Å². The molecule has 0 aromatic heterocycles. The molecular weight excluding hydrogens is 456 g/mol. The largest absolute Gasteiger partial charge is 0.482 e. The lowest BCUT2D eigenvalue weighted by molar-refractivity contribution is -0.145. The summed E-state index contributed by atoms with van der Waals surface area (Å²) in [5.74, 6) is -2.25. The number of halogens is 3. The minimum Gasteiger partial charge on any atom is -0.482 e. The van der Waals surface area contributed by atoms with Crippen LogP contribution in [0.2, 0.25) is 5.02 Å². The molecule has 1 heterocycles. The molecule has 0 fully saturated rings. The zero-order chi connectivity index (χ0) is 24.3.